The van der Waals surface area contributed by atoms with Crippen molar-refractivity contribution >= 4 is 0 Å². The van der Waals surface area contributed by atoms with E-state index in [2.05, 4.69) is 6.58 Å². The first-order valence-corrected chi connectivity index (χ1v) is 11.5. The summed E-state index contributed by atoms with van der Waals surface area (Å²) in [5, 5.41) is 0. The van der Waals surface area contributed by atoms with Crippen molar-refractivity contribution in [2.75, 3.05) is 13.7 Å². The second kappa shape index (κ2) is 12.6. The summed E-state index contributed by atoms with van der Waals surface area (Å²) in [4.78, 5) is 0. The van der Waals surface area contributed by atoms with Gasteiger partial charge in [-0.1, -0.05) is 97.6 Å². The lowest BCUT2D eigenvalue weighted by molar-refractivity contribution is -0.243. The molecule has 0 N–H and O–H groups in total. The lowest BCUT2D eigenvalue weighted by Gasteiger charge is -2.42. The summed E-state index contributed by atoms with van der Waals surface area (Å²) in [6.45, 7) is 5.92. The maximum Gasteiger partial charge on any atom is 0.182 e. The molecule has 0 aromatic heterocycles. The molecule has 0 radical (unpaired) electrons. The van der Waals surface area contributed by atoms with Gasteiger partial charge in [-0.25, -0.2) is 0 Å². The van der Waals surface area contributed by atoms with E-state index in [0.29, 0.717) is 32.0 Å². The molecule has 1 heterocycles. The quantitative estimate of drug-likeness (QED) is 0.363. The summed E-state index contributed by atoms with van der Waals surface area (Å²) in [5.41, 5.74) is 3.96. The highest BCUT2D eigenvalue weighted by atomic mass is 16.7. The fraction of sp³-hybridized carbons (Fsp3) is 0.310. The molecular weight excluding hydrogens is 428 g/mol. The third-order valence-electron chi connectivity index (χ3n) is 5.80. The molecule has 1 unspecified atom stereocenters. The van der Waals surface area contributed by atoms with E-state index < -0.39 is 18.5 Å². The van der Waals surface area contributed by atoms with Crippen LogP contribution in [0.2, 0.25) is 0 Å². The van der Waals surface area contributed by atoms with Gasteiger partial charge in [-0.05, 0) is 16.7 Å². The van der Waals surface area contributed by atoms with Crippen LogP contribution in [-0.4, -0.2) is 38.3 Å². The Morgan fingerprint density at radius 3 is 1.74 bits per heavy atom. The Kier molecular flexibility index (Phi) is 9.02. The average Bonchev–Trinajstić information content (AvgIpc) is 2.89. The van der Waals surface area contributed by atoms with Crippen molar-refractivity contribution in [1.82, 2.24) is 0 Å². The van der Waals surface area contributed by atoms with Crippen LogP contribution >= 0.6 is 0 Å². The van der Waals surface area contributed by atoms with E-state index >= 15 is 0 Å². The lowest BCUT2D eigenvalue weighted by Crippen LogP contribution is -2.54. The van der Waals surface area contributed by atoms with Gasteiger partial charge >= 0.3 is 0 Å². The monoisotopic (exact) mass is 460 g/mol. The zero-order chi connectivity index (χ0) is 23.6. The molecule has 3 aromatic carbocycles. The Hall–Kier alpha value is -2.80. The van der Waals surface area contributed by atoms with Gasteiger partial charge in [0, 0.05) is 12.7 Å². The van der Waals surface area contributed by atoms with E-state index in [-0.39, 0.29) is 6.10 Å². The molecule has 4 atom stereocenters. The van der Waals surface area contributed by atoms with Crippen LogP contribution in [0.3, 0.4) is 0 Å². The largest absolute Gasteiger partial charge is 0.374 e. The van der Waals surface area contributed by atoms with Gasteiger partial charge < -0.3 is 23.7 Å². The second-order valence-corrected chi connectivity index (χ2v) is 8.30. The molecule has 178 valence electrons. The molecule has 34 heavy (non-hydrogen) atoms. The highest BCUT2D eigenvalue weighted by Crippen LogP contribution is 2.31. The average molecular weight is 461 g/mol. The topological polar surface area (TPSA) is 46.2 Å². The standard InChI is InChI=1S/C29H32O5/c1-22-27(32-19-24-14-8-4-9-15-24)28(33-20-25-16-10-5-11-17-25)26(34-29(22)30-2)21-31-18-23-12-6-3-7-13-23/h3-17,26-29H,1,18-21H2,2H3/t26-,27-,28-,29?/m1/s1. The highest BCUT2D eigenvalue weighted by molar-refractivity contribution is 5.18. The third kappa shape index (κ3) is 6.63. The maximum absolute atomic E-state index is 6.40. The number of hydrogen-bond acceptors (Lipinski definition) is 5. The molecule has 1 saturated heterocycles. The predicted molar refractivity (Wildman–Crippen MR) is 131 cm³/mol. The van der Waals surface area contributed by atoms with Crippen LogP contribution in [0, 0.1) is 0 Å². The molecule has 1 aliphatic heterocycles. The third-order valence-corrected chi connectivity index (χ3v) is 5.80. The molecule has 0 aliphatic carbocycles. The van der Waals surface area contributed by atoms with Gasteiger partial charge in [0.2, 0.25) is 0 Å². The molecule has 1 fully saturated rings. The smallest absolute Gasteiger partial charge is 0.182 e. The van der Waals surface area contributed by atoms with Gasteiger partial charge in [0.1, 0.15) is 18.3 Å². The fourth-order valence-corrected chi connectivity index (χ4v) is 4.00. The van der Waals surface area contributed by atoms with Crippen molar-refractivity contribution < 1.29 is 23.7 Å². The number of hydrogen-bond donors (Lipinski definition) is 0. The number of methoxy groups -OCH3 is 1. The molecule has 0 bridgehead atoms. The summed E-state index contributed by atoms with van der Waals surface area (Å²) < 4.78 is 30.6. The lowest BCUT2D eigenvalue weighted by atomic mass is 9.97. The van der Waals surface area contributed by atoms with Crippen molar-refractivity contribution in [3.05, 3.63) is 120 Å². The minimum Gasteiger partial charge on any atom is -0.374 e. The minimum absolute atomic E-state index is 0.340. The minimum atomic E-state index is -0.595. The molecule has 4 rings (SSSR count). The van der Waals surface area contributed by atoms with Crippen LogP contribution in [-0.2, 0) is 43.5 Å². The summed E-state index contributed by atoms with van der Waals surface area (Å²) in [7, 11) is 1.61. The summed E-state index contributed by atoms with van der Waals surface area (Å²) >= 11 is 0. The maximum atomic E-state index is 6.40. The van der Waals surface area contributed by atoms with E-state index in [0.717, 1.165) is 16.7 Å². The van der Waals surface area contributed by atoms with Crippen molar-refractivity contribution in [2.24, 2.45) is 0 Å². The van der Waals surface area contributed by atoms with Crippen LogP contribution in [0.5, 0.6) is 0 Å². The van der Waals surface area contributed by atoms with E-state index in [9.17, 15) is 0 Å². The fourth-order valence-electron chi connectivity index (χ4n) is 4.00. The Bertz CT molecular complexity index is 993. The zero-order valence-electron chi connectivity index (χ0n) is 19.5. The molecule has 0 spiro atoms. The van der Waals surface area contributed by atoms with Gasteiger partial charge in [0.05, 0.1) is 26.4 Å². The molecule has 0 saturated carbocycles. The van der Waals surface area contributed by atoms with E-state index in [1.165, 1.54) is 0 Å². The predicted octanol–water partition coefficient (Wildman–Crippen LogP) is 5.30. The SMILES string of the molecule is C=C1C(OC)O[C@H](COCc2ccccc2)[C@@H](OCc2ccccc2)[C@@H]1OCc1ccccc1. The van der Waals surface area contributed by atoms with Crippen molar-refractivity contribution in [3.8, 4) is 0 Å². The molecule has 3 aromatic rings. The normalized spacial score (nSPS) is 22.6. The molecule has 5 nitrogen and oxygen atoms in total. The zero-order valence-corrected chi connectivity index (χ0v) is 19.5. The molecule has 0 amide bonds. The molecular formula is C29H32O5. The van der Waals surface area contributed by atoms with E-state index in [1.807, 2.05) is 91.0 Å². The Balaban J connectivity index is 1.49. The second-order valence-electron chi connectivity index (χ2n) is 8.30. The van der Waals surface area contributed by atoms with Crippen LogP contribution < -0.4 is 0 Å². The molecule has 1 aliphatic rings. The summed E-state index contributed by atoms with van der Waals surface area (Å²) in [5.74, 6) is 0. The van der Waals surface area contributed by atoms with E-state index in [4.69, 9.17) is 23.7 Å². The first-order valence-electron chi connectivity index (χ1n) is 11.5. The van der Waals surface area contributed by atoms with Gasteiger partial charge in [-0.3, -0.25) is 0 Å². The first kappa shape index (κ1) is 24.3. The van der Waals surface area contributed by atoms with Crippen LogP contribution in [0.4, 0.5) is 0 Å². The van der Waals surface area contributed by atoms with Gasteiger partial charge in [0.15, 0.2) is 6.29 Å². The van der Waals surface area contributed by atoms with Crippen LogP contribution in [0.1, 0.15) is 16.7 Å². The van der Waals surface area contributed by atoms with Crippen LogP contribution in [0.25, 0.3) is 0 Å². The summed E-state index contributed by atoms with van der Waals surface area (Å²) in [6, 6.07) is 30.2. The molecule has 5 heteroatoms. The van der Waals surface area contributed by atoms with Gasteiger partial charge in [-0.2, -0.15) is 0 Å². The van der Waals surface area contributed by atoms with Gasteiger partial charge in [0.25, 0.3) is 0 Å². The van der Waals surface area contributed by atoms with Crippen LogP contribution in [0.15, 0.2) is 103 Å². The van der Waals surface area contributed by atoms with Crippen molar-refractivity contribution in [2.45, 2.75) is 44.4 Å². The van der Waals surface area contributed by atoms with E-state index in [1.54, 1.807) is 7.11 Å². The van der Waals surface area contributed by atoms with Gasteiger partial charge in [-0.15, -0.1) is 0 Å². The Morgan fingerprint density at radius 2 is 1.21 bits per heavy atom. The first-order chi connectivity index (χ1) is 16.7. The highest BCUT2D eigenvalue weighted by Gasteiger charge is 2.43. The van der Waals surface area contributed by atoms with Crippen molar-refractivity contribution in [1.29, 1.82) is 0 Å². The summed E-state index contributed by atoms with van der Waals surface area (Å²) in [6.07, 6.45) is -1.79. The van der Waals surface area contributed by atoms with Crippen molar-refractivity contribution in [3.63, 3.8) is 0 Å². The number of ether oxygens (including phenoxy) is 5. The Labute approximate surface area is 201 Å². The number of benzene rings is 3. The number of rotatable bonds is 11. The Morgan fingerprint density at radius 1 is 0.706 bits per heavy atom.